The second-order valence-electron chi connectivity index (χ2n) is 6.55. The monoisotopic (exact) mass is 344 g/mol. The van der Waals surface area contributed by atoms with E-state index in [1.165, 1.54) is 11.1 Å². The second-order valence-corrected chi connectivity index (χ2v) is 7.58. The van der Waals surface area contributed by atoms with Gasteiger partial charge in [-0.15, -0.1) is 11.3 Å². The summed E-state index contributed by atoms with van der Waals surface area (Å²) in [5.74, 6) is 1.36. The molecule has 3 rings (SSSR count). The van der Waals surface area contributed by atoms with Gasteiger partial charge in [-0.3, -0.25) is 4.79 Å². The SMILES string of the molecule is COc1ccc2c(c1)CCN(C(=O)c1sc(C(C)C)nc1C)CC2. The van der Waals surface area contributed by atoms with E-state index in [1.807, 2.05) is 17.9 Å². The summed E-state index contributed by atoms with van der Waals surface area (Å²) in [7, 11) is 1.69. The highest BCUT2D eigenvalue weighted by Gasteiger charge is 2.24. The van der Waals surface area contributed by atoms with Gasteiger partial charge in [0.05, 0.1) is 17.8 Å². The topological polar surface area (TPSA) is 42.4 Å². The number of nitrogens with zero attached hydrogens (tertiary/aromatic N) is 2. The maximum Gasteiger partial charge on any atom is 0.265 e. The van der Waals surface area contributed by atoms with Gasteiger partial charge in [-0.05, 0) is 43.0 Å². The van der Waals surface area contributed by atoms with Gasteiger partial charge in [-0.2, -0.15) is 0 Å². The number of hydrogen-bond acceptors (Lipinski definition) is 4. The van der Waals surface area contributed by atoms with Crippen molar-refractivity contribution < 1.29 is 9.53 Å². The summed E-state index contributed by atoms with van der Waals surface area (Å²) in [6.07, 6.45) is 1.76. The van der Waals surface area contributed by atoms with Crippen LogP contribution in [0.3, 0.4) is 0 Å². The number of aromatic nitrogens is 1. The van der Waals surface area contributed by atoms with Crippen LogP contribution < -0.4 is 4.74 Å². The van der Waals surface area contributed by atoms with Crippen molar-refractivity contribution in [2.45, 2.75) is 39.5 Å². The van der Waals surface area contributed by atoms with Gasteiger partial charge in [0, 0.05) is 19.0 Å². The molecule has 1 amide bonds. The van der Waals surface area contributed by atoms with Crippen LogP contribution in [0, 0.1) is 6.92 Å². The minimum atomic E-state index is 0.122. The maximum absolute atomic E-state index is 13.0. The van der Waals surface area contributed by atoms with Crippen LogP contribution >= 0.6 is 11.3 Å². The summed E-state index contributed by atoms with van der Waals surface area (Å²) >= 11 is 1.54. The lowest BCUT2D eigenvalue weighted by Crippen LogP contribution is -2.33. The fourth-order valence-electron chi connectivity index (χ4n) is 3.04. The Labute approximate surface area is 147 Å². The molecule has 0 atom stereocenters. The molecule has 0 radical (unpaired) electrons. The lowest BCUT2D eigenvalue weighted by Gasteiger charge is -2.19. The Balaban J connectivity index is 1.78. The van der Waals surface area contributed by atoms with E-state index in [0.29, 0.717) is 5.92 Å². The summed E-state index contributed by atoms with van der Waals surface area (Å²) in [6, 6.07) is 6.22. The molecule has 0 saturated heterocycles. The Morgan fingerprint density at radius 3 is 2.58 bits per heavy atom. The molecular weight excluding hydrogens is 320 g/mol. The average Bonchev–Trinajstić information content (AvgIpc) is 2.84. The molecule has 2 aromatic rings. The smallest absolute Gasteiger partial charge is 0.265 e. The predicted octanol–water partition coefficient (Wildman–Crippen LogP) is 3.82. The Bertz CT molecular complexity index is 752. The van der Waals surface area contributed by atoms with Crippen LogP contribution in [0.2, 0.25) is 0 Å². The number of amides is 1. The number of fused-ring (bicyclic) bond motifs is 1. The van der Waals surface area contributed by atoms with Crippen molar-refractivity contribution in [2.75, 3.05) is 20.2 Å². The Morgan fingerprint density at radius 2 is 1.96 bits per heavy atom. The van der Waals surface area contributed by atoms with Crippen molar-refractivity contribution in [3.05, 3.63) is 44.9 Å². The summed E-state index contributed by atoms with van der Waals surface area (Å²) in [5.41, 5.74) is 3.46. The lowest BCUT2D eigenvalue weighted by atomic mass is 10.0. The molecule has 4 nitrogen and oxygen atoms in total. The normalized spacial score (nSPS) is 14.5. The fourth-order valence-corrected chi connectivity index (χ4v) is 4.08. The van der Waals surface area contributed by atoms with E-state index in [-0.39, 0.29) is 5.91 Å². The maximum atomic E-state index is 13.0. The highest BCUT2D eigenvalue weighted by atomic mass is 32.1. The molecule has 1 aliphatic rings. The van der Waals surface area contributed by atoms with Gasteiger partial charge in [0.1, 0.15) is 10.6 Å². The third-order valence-corrected chi connectivity index (χ3v) is 5.95. The van der Waals surface area contributed by atoms with Crippen LogP contribution in [0.1, 0.15) is 51.3 Å². The van der Waals surface area contributed by atoms with Crippen LogP contribution in [-0.4, -0.2) is 36.0 Å². The first-order valence-corrected chi connectivity index (χ1v) is 9.23. The third-order valence-electron chi connectivity index (χ3n) is 4.50. The van der Waals surface area contributed by atoms with Gasteiger partial charge in [0.15, 0.2) is 0 Å². The first-order valence-electron chi connectivity index (χ1n) is 8.42. The van der Waals surface area contributed by atoms with Crippen LogP contribution in [0.5, 0.6) is 5.75 Å². The standard InChI is InChI=1S/C19H24N2O2S/c1-12(2)18-20-13(3)17(24-18)19(22)21-9-7-14-5-6-16(23-4)11-15(14)8-10-21/h5-6,11-12H,7-10H2,1-4H3. The Hall–Kier alpha value is -1.88. The van der Waals surface area contributed by atoms with Crippen molar-refractivity contribution >= 4 is 17.2 Å². The molecule has 1 aromatic carbocycles. The quantitative estimate of drug-likeness (QED) is 0.850. The number of benzene rings is 1. The minimum absolute atomic E-state index is 0.122. The predicted molar refractivity (Wildman–Crippen MR) is 97.2 cm³/mol. The number of thiazole rings is 1. The molecule has 0 saturated carbocycles. The summed E-state index contributed by atoms with van der Waals surface area (Å²) in [5, 5.41) is 1.04. The molecule has 24 heavy (non-hydrogen) atoms. The number of ether oxygens (including phenoxy) is 1. The molecule has 0 bridgehead atoms. The zero-order valence-corrected chi connectivity index (χ0v) is 15.6. The molecule has 0 unspecified atom stereocenters. The van der Waals surface area contributed by atoms with Crippen molar-refractivity contribution in [1.82, 2.24) is 9.88 Å². The van der Waals surface area contributed by atoms with Crippen molar-refractivity contribution in [3.8, 4) is 5.75 Å². The van der Waals surface area contributed by atoms with Gasteiger partial charge in [0.2, 0.25) is 0 Å². The van der Waals surface area contributed by atoms with Gasteiger partial charge in [0.25, 0.3) is 5.91 Å². The number of carbonyl (C=O) groups is 1. The second kappa shape index (κ2) is 6.93. The van der Waals surface area contributed by atoms with Crippen molar-refractivity contribution in [1.29, 1.82) is 0 Å². The highest BCUT2D eigenvalue weighted by Crippen LogP contribution is 2.27. The van der Waals surface area contributed by atoms with E-state index in [9.17, 15) is 4.79 Å². The minimum Gasteiger partial charge on any atom is -0.497 e. The highest BCUT2D eigenvalue weighted by molar-refractivity contribution is 7.13. The molecule has 5 heteroatoms. The van der Waals surface area contributed by atoms with Gasteiger partial charge in [-0.25, -0.2) is 4.98 Å². The molecule has 128 valence electrons. The first-order chi connectivity index (χ1) is 11.5. The lowest BCUT2D eigenvalue weighted by molar-refractivity contribution is 0.0767. The first kappa shape index (κ1) is 17.0. The summed E-state index contributed by atoms with van der Waals surface area (Å²) in [6.45, 7) is 7.66. The zero-order chi connectivity index (χ0) is 17.3. The van der Waals surface area contributed by atoms with E-state index in [2.05, 4.69) is 31.0 Å². The number of aryl methyl sites for hydroxylation is 1. The van der Waals surface area contributed by atoms with Gasteiger partial charge < -0.3 is 9.64 Å². The van der Waals surface area contributed by atoms with Gasteiger partial charge >= 0.3 is 0 Å². The van der Waals surface area contributed by atoms with Crippen molar-refractivity contribution in [3.63, 3.8) is 0 Å². The number of hydrogen-bond donors (Lipinski definition) is 0. The number of carbonyl (C=O) groups excluding carboxylic acids is 1. The molecule has 0 aliphatic carbocycles. The molecular formula is C19H24N2O2S. The molecule has 1 aliphatic heterocycles. The molecule has 0 fully saturated rings. The summed E-state index contributed by atoms with van der Waals surface area (Å²) < 4.78 is 5.32. The van der Waals surface area contributed by atoms with Gasteiger partial charge in [-0.1, -0.05) is 19.9 Å². The number of rotatable bonds is 3. The van der Waals surface area contributed by atoms with E-state index in [0.717, 1.165) is 47.3 Å². The van der Waals surface area contributed by atoms with Crippen molar-refractivity contribution in [2.24, 2.45) is 0 Å². The Morgan fingerprint density at radius 1 is 1.25 bits per heavy atom. The zero-order valence-electron chi connectivity index (χ0n) is 14.8. The van der Waals surface area contributed by atoms with Crippen LogP contribution in [0.15, 0.2) is 18.2 Å². The average molecular weight is 344 g/mol. The van der Waals surface area contributed by atoms with Crippen LogP contribution in [0.4, 0.5) is 0 Å². The van der Waals surface area contributed by atoms with E-state index >= 15 is 0 Å². The third kappa shape index (κ3) is 3.31. The van der Waals surface area contributed by atoms with E-state index < -0.39 is 0 Å². The van der Waals surface area contributed by atoms with E-state index in [4.69, 9.17) is 4.74 Å². The van der Waals surface area contributed by atoms with Crippen LogP contribution in [0.25, 0.3) is 0 Å². The molecule has 1 aromatic heterocycles. The molecule has 0 N–H and O–H groups in total. The fraction of sp³-hybridized carbons (Fsp3) is 0.474. The summed E-state index contributed by atoms with van der Waals surface area (Å²) in [4.78, 5) is 20.3. The molecule has 2 heterocycles. The largest absolute Gasteiger partial charge is 0.497 e. The Kier molecular flexibility index (Phi) is 4.90. The van der Waals surface area contributed by atoms with E-state index in [1.54, 1.807) is 18.4 Å². The van der Waals surface area contributed by atoms with Crippen LogP contribution in [-0.2, 0) is 12.8 Å². The number of methoxy groups -OCH3 is 1. The molecule has 0 spiro atoms.